The fourth-order valence-corrected chi connectivity index (χ4v) is 3.40. The van der Waals surface area contributed by atoms with Crippen LogP contribution in [0.2, 0.25) is 0 Å². The van der Waals surface area contributed by atoms with Crippen molar-refractivity contribution in [2.45, 2.75) is 32.9 Å². The molecule has 0 aliphatic rings. The van der Waals surface area contributed by atoms with Crippen molar-refractivity contribution in [2.75, 3.05) is 13.2 Å². The third-order valence-electron chi connectivity index (χ3n) is 5.14. The number of hydrazone groups is 1. The molecule has 3 aromatic rings. The zero-order chi connectivity index (χ0) is 26.5. The van der Waals surface area contributed by atoms with Crippen molar-refractivity contribution in [3.05, 3.63) is 95.3 Å². The van der Waals surface area contributed by atoms with E-state index in [1.807, 2.05) is 37.3 Å². The van der Waals surface area contributed by atoms with Crippen LogP contribution in [0.1, 0.15) is 43.0 Å². The quantitative estimate of drug-likeness (QED) is 0.262. The zero-order valence-corrected chi connectivity index (χ0v) is 20.8. The maximum Gasteiger partial charge on any atom is 0.407 e. The van der Waals surface area contributed by atoms with E-state index in [4.69, 9.17) is 14.2 Å². The largest absolute Gasteiger partial charge is 0.490 e. The number of carbonyl (C=O) groups is 2. The predicted molar refractivity (Wildman–Crippen MR) is 138 cm³/mol. The molecule has 0 aliphatic carbocycles. The Morgan fingerprint density at radius 3 is 2.41 bits per heavy atom. The van der Waals surface area contributed by atoms with Crippen LogP contribution in [0.5, 0.6) is 11.5 Å². The molecule has 8 nitrogen and oxygen atoms in total. The molecule has 3 aromatic carbocycles. The molecule has 0 unspecified atom stereocenters. The molecule has 0 spiro atoms. The zero-order valence-electron chi connectivity index (χ0n) is 20.8. The van der Waals surface area contributed by atoms with Gasteiger partial charge in [-0.3, -0.25) is 4.79 Å². The second kappa shape index (κ2) is 14.2. The van der Waals surface area contributed by atoms with Gasteiger partial charge in [0.25, 0.3) is 0 Å². The summed E-state index contributed by atoms with van der Waals surface area (Å²) in [7, 11) is 0. The molecule has 9 heteroatoms. The Labute approximate surface area is 215 Å². The van der Waals surface area contributed by atoms with Gasteiger partial charge in [0.1, 0.15) is 12.4 Å². The number of alkyl carbamates (subject to hydrolysis) is 1. The van der Waals surface area contributed by atoms with E-state index in [0.717, 1.165) is 11.1 Å². The number of amides is 2. The summed E-state index contributed by atoms with van der Waals surface area (Å²) >= 11 is 0. The van der Waals surface area contributed by atoms with Crippen molar-refractivity contribution < 1.29 is 28.2 Å². The first-order valence-electron chi connectivity index (χ1n) is 11.9. The van der Waals surface area contributed by atoms with Crippen molar-refractivity contribution in [3.63, 3.8) is 0 Å². The highest BCUT2D eigenvalue weighted by Crippen LogP contribution is 2.29. The number of hydrogen-bond donors (Lipinski definition) is 2. The van der Waals surface area contributed by atoms with E-state index in [1.54, 1.807) is 37.3 Å². The molecule has 1 atom stereocenters. The van der Waals surface area contributed by atoms with Crippen molar-refractivity contribution in [2.24, 2.45) is 5.10 Å². The van der Waals surface area contributed by atoms with E-state index in [2.05, 4.69) is 15.8 Å². The van der Waals surface area contributed by atoms with Gasteiger partial charge in [-0.05, 0) is 60.9 Å². The van der Waals surface area contributed by atoms with E-state index in [1.165, 1.54) is 18.3 Å². The van der Waals surface area contributed by atoms with Gasteiger partial charge in [-0.25, -0.2) is 14.6 Å². The number of hydrogen-bond acceptors (Lipinski definition) is 6. The van der Waals surface area contributed by atoms with Gasteiger partial charge < -0.3 is 19.5 Å². The highest BCUT2D eigenvalue weighted by atomic mass is 19.1. The van der Waals surface area contributed by atoms with Gasteiger partial charge in [-0.1, -0.05) is 42.5 Å². The van der Waals surface area contributed by atoms with Crippen LogP contribution in [-0.4, -0.2) is 31.4 Å². The Kier molecular flexibility index (Phi) is 10.5. The Morgan fingerprint density at radius 2 is 1.70 bits per heavy atom. The summed E-state index contributed by atoms with van der Waals surface area (Å²) < 4.78 is 29.6. The number of halogens is 1. The normalized spacial score (nSPS) is 11.5. The van der Waals surface area contributed by atoms with Gasteiger partial charge in [0.05, 0.1) is 31.9 Å². The van der Waals surface area contributed by atoms with Gasteiger partial charge in [-0.2, -0.15) is 5.10 Å². The first-order valence-corrected chi connectivity index (χ1v) is 11.9. The molecule has 0 radical (unpaired) electrons. The van der Waals surface area contributed by atoms with Crippen LogP contribution < -0.4 is 20.2 Å². The first kappa shape index (κ1) is 27.2. The minimum absolute atomic E-state index is 0.0273. The van der Waals surface area contributed by atoms with Gasteiger partial charge in [0, 0.05) is 0 Å². The summed E-state index contributed by atoms with van der Waals surface area (Å²) in [6.45, 7) is 4.48. The number of benzene rings is 3. The second-order valence-corrected chi connectivity index (χ2v) is 7.88. The predicted octanol–water partition coefficient (Wildman–Crippen LogP) is 5.13. The smallest absolute Gasteiger partial charge is 0.407 e. The Hall–Kier alpha value is -4.40. The van der Waals surface area contributed by atoms with Crippen molar-refractivity contribution in [1.82, 2.24) is 10.7 Å². The standard InChI is InChI=1S/C28H30FN3O5/c1-3-35-26-16-21(12-15-25(26)37-19-20-10-13-23(29)14-11-20)18-30-32-27(33)17-24(31-28(34)36-4-2)22-8-6-5-7-9-22/h5-16,18,24H,3-4,17,19H2,1-2H3,(H,31,34)(H,32,33)/b30-18-/t24-/m1/s1. The monoisotopic (exact) mass is 507 g/mol. The lowest BCUT2D eigenvalue weighted by Crippen LogP contribution is -2.33. The number of nitrogens with one attached hydrogen (secondary N) is 2. The SMILES string of the molecule is CCOC(=O)N[C@H](CC(=O)N/N=C\c1ccc(OCc2ccc(F)cc2)c(OCC)c1)c1ccccc1. The third-order valence-corrected chi connectivity index (χ3v) is 5.14. The van der Waals surface area contributed by atoms with Crippen LogP contribution in [0, 0.1) is 5.82 Å². The summed E-state index contributed by atoms with van der Waals surface area (Å²) in [4.78, 5) is 24.5. The van der Waals surface area contributed by atoms with Gasteiger partial charge in [-0.15, -0.1) is 0 Å². The topological polar surface area (TPSA) is 98.2 Å². The fraction of sp³-hybridized carbons (Fsp3) is 0.250. The van der Waals surface area contributed by atoms with Crippen LogP contribution in [0.3, 0.4) is 0 Å². The molecule has 0 saturated heterocycles. The van der Waals surface area contributed by atoms with Gasteiger partial charge in [0.15, 0.2) is 11.5 Å². The average Bonchev–Trinajstić information content (AvgIpc) is 2.89. The van der Waals surface area contributed by atoms with E-state index in [9.17, 15) is 14.0 Å². The summed E-state index contributed by atoms with van der Waals surface area (Å²) in [5.41, 5.74) is 4.77. The van der Waals surface area contributed by atoms with Gasteiger partial charge >= 0.3 is 6.09 Å². The highest BCUT2D eigenvalue weighted by molar-refractivity contribution is 5.83. The molecular weight excluding hydrogens is 477 g/mol. The molecule has 2 amide bonds. The van der Waals surface area contributed by atoms with Crippen molar-refractivity contribution >= 4 is 18.2 Å². The Balaban J connectivity index is 1.61. The number of ether oxygens (including phenoxy) is 3. The molecule has 0 fully saturated rings. The Morgan fingerprint density at radius 1 is 0.946 bits per heavy atom. The molecule has 0 saturated carbocycles. The van der Waals surface area contributed by atoms with Crippen molar-refractivity contribution in [1.29, 1.82) is 0 Å². The minimum Gasteiger partial charge on any atom is -0.490 e. The van der Waals surface area contributed by atoms with E-state index in [0.29, 0.717) is 23.7 Å². The highest BCUT2D eigenvalue weighted by Gasteiger charge is 2.18. The fourth-order valence-electron chi connectivity index (χ4n) is 3.40. The molecule has 3 rings (SSSR count). The maximum atomic E-state index is 13.1. The molecule has 0 aliphatic heterocycles. The number of carbonyl (C=O) groups excluding carboxylic acids is 2. The van der Waals surface area contributed by atoms with Crippen LogP contribution in [0.15, 0.2) is 77.9 Å². The summed E-state index contributed by atoms with van der Waals surface area (Å²) in [5, 5.41) is 6.74. The third kappa shape index (κ3) is 8.96. The molecule has 194 valence electrons. The first-order chi connectivity index (χ1) is 18.0. The molecule has 0 bridgehead atoms. The minimum atomic E-state index is -0.599. The molecular formula is C28H30FN3O5. The second-order valence-electron chi connectivity index (χ2n) is 7.88. The maximum absolute atomic E-state index is 13.1. The number of nitrogens with zero attached hydrogens (tertiary/aromatic N) is 1. The van der Waals surface area contributed by atoms with Crippen LogP contribution in [-0.2, 0) is 16.1 Å². The van der Waals surface area contributed by atoms with E-state index < -0.39 is 12.1 Å². The van der Waals surface area contributed by atoms with Crippen molar-refractivity contribution in [3.8, 4) is 11.5 Å². The number of rotatable bonds is 12. The Bertz CT molecular complexity index is 1190. The van der Waals surface area contributed by atoms with Crippen LogP contribution in [0.4, 0.5) is 9.18 Å². The van der Waals surface area contributed by atoms with Gasteiger partial charge in [0.2, 0.25) is 5.91 Å². The molecule has 2 N–H and O–H groups in total. The molecule has 37 heavy (non-hydrogen) atoms. The summed E-state index contributed by atoms with van der Waals surface area (Å²) in [6.07, 6.45) is 0.860. The average molecular weight is 508 g/mol. The lowest BCUT2D eigenvalue weighted by Gasteiger charge is -2.18. The van der Waals surface area contributed by atoms with Crippen LogP contribution >= 0.6 is 0 Å². The summed E-state index contributed by atoms with van der Waals surface area (Å²) in [5.74, 6) is 0.359. The van der Waals surface area contributed by atoms with E-state index in [-0.39, 0.29) is 31.4 Å². The molecule has 0 aromatic heterocycles. The summed E-state index contributed by atoms with van der Waals surface area (Å²) in [6, 6.07) is 19.9. The van der Waals surface area contributed by atoms with Crippen LogP contribution in [0.25, 0.3) is 0 Å². The lowest BCUT2D eigenvalue weighted by atomic mass is 10.0. The molecule has 0 heterocycles. The van der Waals surface area contributed by atoms with E-state index >= 15 is 0 Å². The lowest BCUT2D eigenvalue weighted by molar-refractivity contribution is -0.121.